The van der Waals surface area contributed by atoms with Crippen molar-refractivity contribution >= 4 is 5.97 Å². The lowest BCUT2D eigenvalue weighted by Crippen LogP contribution is -2.14. The van der Waals surface area contributed by atoms with Gasteiger partial charge in [0.05, 0.1) is 20.1 Å². The molecule has 134 valence electrons. The van der Waals surface area contributed by atoms with Gasteiger partial charge < -0.3 is 18.9 Å². The Labute approximate surface area is 148 Å². The van der Waals surface area contributed by atoms with Crippen LogP contribution in [0.4, 0.5) is 0 Å². The van der Waals surface area contributed by atoms with Crippen LogP contribution in [0.25, 0.3) is 0 Å². The van der Waals surface area contributed by atoms with E-state index in [4.69, 9.17) is 18.9 Å². The summed E-state index contributed by atoms with van der Waals surface area (Å²) in [6.45, 7) is 2.86. The van der Waals surface area contributed by atoms with E-state index >= 15 is 0 Å². The lowest BCUT2D eigenvalue weighted by Gasteiger charge is -2.10. The Morgan fingerprint density at radius 2 is 1.72 bits per heavy atom. The second kappa shape index (κ2) is 10.2. The second-order valence-electron chi connectivity index (χ2n) is 5.32. The molecule has 0 heterocycles. The molecule has 5 nitrogen and oxygen atoms in total. The molecule has 0 bridgehead atoms. The van der Waals surface area contributed by atoms with E-state index in [0.717, 1.165) is 12.2 Å². The van der Waals surface area contributed by atoms with Crippen LogP contribution in [0.5, 0.6) is 17.2 Å². The van der Waals surface area contributed by atoms with Crippen LogP contribution in [0.15, 0.2) is 48.5 Å². The summed E-state index contributed by atoms with van der Waals surface area (Å²) in [6, 6.07) is 15.2. The van der Waals surface area contributed by atoms with E-state index in [0.29, 0.717) is 18.1 Å². The third kappa shape index (κ3) is 6.37. The maximum absolute atomic E-state index is 11.7. The molecule has 2 aromatic carbocycles. The Morgan fingerprint density at radius 3 is 2.48 bits per heavy atom. The van der Waals surface area contributed by atoms with Gasteiger partial charge in [0.25, 0.3) is 0 Å². The Balaban J connectivity index is 1.62. The first-order chi connectivity index (χ1) is 12.2. The number of benzene rings is 2. The van der Waals surface area contributed by atoms with Crippen LogP contribution in [-0.2, 0) is 16.0 Å². The van der Waals surface area contributed by atoms with Crippen LogP contribution >= 0.6 is 0 Å². The van der Waals surface area contributed by atoms with Gasteiger partial charge in [-0.2, -0.15) is 0 Å². The number of hydrogen-bond acceptors (Lipinski definition) is 5. The van der Waals surface area contributed by atoms with Gasteiger partial charge in [-0.1, -0.05) is 31.2 Å². The smallest absolute Gasteiger partial charge is 0.309 e. The fourth-order valence-electron chi connectivity index (χ4n) is 2.22. The zero-order valence-electron chi connectivity index (χ0n) is 14.7. The van der Waals surface area contributed by atoms with Crippen LogP contribution in [0.3, 0.4) is 0 Å². The molecule has 0 amide bonds. The predicted octanol–water partition coefficient (Wildman–Crippen LogP) is 3.65. The number of rotatable bonds is 10. The van der Waals surface area contributed by atoms with Gasteiger partial charge in [-0.05, 0) is 36.2 Å². The van der Waals surface area contributed by atoms with Crippen molar-refractivity contribution in [1.82, 2.24) is 0 Å². The van der Waals surface area contributed by atoms with Crippen LogP contribution in [0.2, 0.25) is 0 Å². The number of carbonyl (C=O) groups excluding carboxylic acids is 1. The van der Waals surface area contributed by atoms with E-state index in [2.05, 4.69) is 13.0 Å². The largest absolute Gasteiger partial charge is 0.493 e. The van der Waals surface area contributed by atoms with E-state index in [1.807, 2.05) is 30.3 Å². The van der Waals surface area contributed by atoms with Crippen molar-refractivity contribution in [3.8, 4) is 17.2 Å². The summed E-state index contributed by atoms with van der Waals surface area (Å²) in [4.78, 5) is 11.7. The summed E-state index contributed by atoms with van der Waals surface area (Å²) in [7, 11) is 1.58. The number of esters is 1. The molecule has 0 fully saturated rings. The van der Waals surface area contributed by atoms with Gasteiger partial charge in [0, 0.05) is 0 Å². The predicted molar refractivity (Wildman–Crippen MR) is 95.4 cm³/mol. The molecule has 0 aliphatic carbocycles. The highest BCUT2D eigenvalue weighted by molar-refractivity contribution is 5.69. The Bertz CT molecular complexity index is 669. The minimum Gasteiger partial charge on any atom is -0.493 e. The summed E-state index contributed by atoms with van der Waals surface area (Å²) < 4.78 is 21.4. The highest BCUT2D eigenvalue weighted by Crippen LogP contribution is 2.25. The third-order valence-electron chi connectivity index (χ3n) is 3.55. The van der Waals surface area contributed by atoms with Crippen molar-refractivity contribution in [1.29, 1.82) is 0 Å². The Hall–Kier alpha value is -2.69. The SMILES string of the molecule is CCc1cccc(OCCOC(=O)CCOc2ccccc2OC)c1. The lowest BCUT2D eigenvalue weighted by atomic mass is 10.2. The topological polar surface area (TPSA) is 54.0 Å². The van der Waals surface area contributed by atoms with Gasteiger partial charge in [-0.15, -0.1) is 0 Å². The molecule has 0 N–H and O–H groups in total. The van der Waals surface area contributed by atoms with Gasteiger partial charge in [-0.25, -0.2) is 0 Å². The highest BCUT2D eigenvalue weighted by atomic mass is 16.6. The average Bonchev–Trinajstić information content (AvgIpc) is 2.66. The minimum atomic E-state index is -0.319. The summed E-state index contributed by atoms with van der Waals surface area (Å²) in [5.74, 6) is 1.71. The number of methoxy groups -OCH3 is 1. The number of ether oxygens (including phenoxy) is 4. The van der Waals surface area contributed by atoms with Crippen molar-refractivity contribution in [3.63, 3.8) is 0 Å². The molecule has 0 saturated carbocycles. The molecule has 0 aromatic heterocycles. The summed E-state index contributed by atoms with van der Waals surface area (Å²) in [6.07, 6.45) is 1.13. The first-order valence-corrected chi connectivity index (χ1v) is 8.36. The zero-order chi connectivity index (χ0) is 17.9. The van der Waals surface area contributed by atoms with Crippen molar-refractivity contribution in [3.05, 3.63) is 54.1 Å². The number of para-hydroxylation sites is 2. The quantitative estimate of drug-likeness (QED) is 0.486. The highest BCUT2D eigenvalue weighted by Gasteiger charge is 2.06. The van der Waals surface area contributed by atoms with Crippen LogP contribution in [-0.4, -0.2) is 32.9 Å². The maximum atomic E-state index is 11.7. The van der Waals surface area contributed by atoms with Crippen LogP contribution in [0.1, 0.15) is 18.9 Å². The fourth-order valence-corrected chi connectivity index (χ4v) is 2.22. The molecule has 0 aliphatic rings. The van der Waals surface area contributed by atoms with Crippen LogP contribution in [0, 0.1) is 0 Å². The van der Waals surface area contributed by atoms with Gasteiger partial charge in [0.15, 0.2) is 11.5 Å². The van der Waals surface area contributed by atoms with Crippen LogP contribution < -0.4 is 14.2 Å². The molecule has 0 unspecified atom stereocenters. The number of hydrogen-bond donors (Lipinski definition) is 0. The van der Waals surface area contributed by atoms with E-state index in [1.165, 1.54) is 5.56 Å². The zero-order valence-corrected chi connectivity index (χ0v) is 14.7. The molecule has 5 heteroatoms. The normalized spacial score (nSPS) is 10.2. The van der Waals surface area contributed by atoms with Crippen molar-refractivity contribution < 1.29 is 23.7 Å². The summed E-state index contributed by atoms with van der Waals surface area (Å²) in [5, 5.41) is 0. The minimum absolute atomic E-state index is 0.170. The van der Waals surface area contributed by atoms with Crippen molar-refractivity contribution in [2.45, 2.75) is 19.8 Å². The Kier molecular flexibility index (Phi) is 7.63. The maximum Gasteiger partial charge on any atom is 0.309 e. The van der Waals surface area contributed by atoms with Crippen molar-refractivity contribution in [2.24, 2.45) is 0 Å². The molecule has 2 aromatic rings. The molecular formula is C20H24O5. The van der Waals surface area contributed by atoms with E-state index in [-0.39, 0.29) is 25.6 Å². The van der Waals surface area contributed by atoms with Gasteiger partial charge in [-0.3, -0.25) is 4.79 Å². The van der Waals surface area contributed by atoms with E-state index in [9.17, 15) is 4.79 Å². The van der Waals surface area contributed by atoms with E-state index < -0.39 is 0 Å². The molecule has 25 heavy (non-hydrogen) atoms. The Morgan fingerprint density at radius 1 is 0.920 bits per heavy atom. The fraction of sp³-hybridized carbons (Fsp3) is 0.350. The summed E-state index contributed by atoms with van der Waals surface area (Å²) >= 11 is 0. The molecule has 0 saturated heterocycles. The molecule has 0 atom stereocenters. The molecule has 0 radical (unpaired) electrons. The number of aryl methyl sites for hydroxylation is 1. The third-order valence-corrected chi connectivity index (χ3v) is 3.55. The first-order valence-electron chi connectivity index (χ1n) is 8.36. The molecule has 2 rings (SSSR count). The molecular weight excluding hydrogens is 320 g/mol. The first kappa shape index (κ1) is 18.6. The second-order valence-corrected chi connectivity index (χ2v) is 5.32. The lowest BCUT2D eigenvalue weighted by molar-refractivity contribution is -0.144. The monoisotopic (exact) mass is 344 g/mol. The van der Waals surface area contributed by atoms with Gasteiger partial charge >= 0.3 is 5.97 Å². The molecule has 0 aliphatic heterocycles. The standard InChI is InChI=1S/C20H24O5/c1-3-16-7-6-8-17(15-16)23-13-14-25-20(21)11-12-24-19-10-5-4-9-18(19)22-2/h4-10,15H,3,11-14H2,1-2H3. The van der Waals surface area contributed by atoms with Crippen molar-refractivity contribution in [2.75, 3.05) is 26.9 Å². The van der Waals surface area contributed by atoms with E-state index in [1.54, 1.807) is 19.2 Å². The van der Waals surface area contributed by atoms with Gasteiger partial charge in [0.2, 0.25) is 0 Å². The number of carbonyl (C=O) groups is 1. The molecule has 0 spiro atoms. The average molecular weight is 344 g/mol. The van der Waals surface area contributed by atoms with Gasteiger partial charge in [0.1, 0.15) is 19.0 Å². The summed E-state index contributed by atoms with van der Waals surface area (Å²) in [5.41, 5.74) is 1.21.